The maximum absolute atomic E-state index is 13.2. The van der Waals surface area contributed by atoms with Gasteiger partial charge in [-0.3, -0.25) is 0 Å². The van der Waals surface area contributed by atoms with Crippen molar-refractivity contribution in [2.45, 2.75) is 89.2 Å². The Bertz CT molecular complexity index is 1060. The molecule has 6 rings (SSSR count). The molecule has 5 fully saturated rings. The lowest BCUT2D eigenvalue weighted by atomic mass is 9.43. The van der Waals surface area contributed by atoms with Crippen molar-refractivity contribution in [3.63, 3.8) is 0 Å². The Hall–Kier alpha value is -1.86. The summed E-state index contributed by atoms with van der Waals surface area (Å²) in [5.74, 6) is 1.67. The van der Waals surface area contributed by atoms with Gasteiger partial charge in [0.05, 0.1) is 25.1 Å². The molecular formula is C30H44N2O5. The van der Waals surface area contributed by atoms with Gasteiger partial charge in [-0.1, -0.05) is 13.8 Å². The monoisotopic (exact) mass is 512 g/mol. The standard InChI is InChI=1S/C30H44N2O5/c1-28-11-8-22(31(3)27(34)32-14-16-36-17-15-32)18-21(28)5-6-25-24(28)9-12-29(2)23(10-13-30(25,29)35)20-4-7-26(33)37-19-20/h4,7,19,21-25,35H,5-6,8-18H2,1-3H3/t21-,22?,23-,24+,25-,28+,29-,30+/m1/s1. The number of amides is 2. The van der Waals surface area contributed by atoms with E-state index >= 15 is 0 Å². The van der Waals surface area contributed by atoms with Crippen molar-refractivity contribution >= 4 is 6.03 Å². The first-order valence-electron chi connectivity index (χ1n) is 14.6. The highest BCUT2D eigenvalue weighted by atomic mass is 16.5. The topological polar surface area (TPSA) is 83.2 Å². The Labute approximate surface area is 220 Å². The fourth-order valence-corrected chi connectivity index (χ4v) is 9.79. The molecule has 4 aliphatic carbocycles. The molecule has 1 unspecified atom stereocenters. The number of nitrogens with zero attached hydrogens (tertiary/aromatic N) is 2. The summed E-state index contributed by atoms with van der Waals surface area (Å²) in [6.07, 6.45) is 11.0. The molecule has 5 aliphatic rings. The van der Waals surface area contributed by atoms with Crippen LogP contribution < -0.4 is 5.63 Å². The fraction of sp³-hybridized carbons (Fsp3) is 0.800. The normalized spacial score (nSPS) is 43.5. The molecule has 8 atom stereocenters. The molecule has 1 N–H and O–H groups in total. The van der Waals surface area contributed by atoms with Crippen molar-refractivity contribution in [1.29, 1.82) is 0 Å². The highest BCUT2D eigenvalue weighted by Gasteiger charge is 2.67. The van der Waals surface area contributed by atoms with Crippen LogP contribution in [0.1, 0.15) is 83.1 Å². The van der Waals surface area contributed by atoms with Gasteiger partial charge < -0.3 is 24.1 Å². The van der Waals surface area contributed by atoms with E-state index in [0.29, 0.717) is 50.1 Å². The van der Waals surface area contributed by atoms with Crippen LogP contribution in [0.2, 0.25) is 0 Å². The lowest BCUT2D eigenvalue weighted by Crippen LogP contribution is -2.62. The van der Waals surface area contributed by atoms with E-state index < -0.39 is 5.60 Å². The number of fused-ring (bicyclic) bond motifs is 5. The van der Waals surface area contributed by atoms with Crippen molar-refractivity contribution in [2.24, 2.45) is 28.6 Å². The number of urea groups is 1. The third kappa shape index (κ3) is 3.82. The Morgan fingerprint density at radius 1 is 1.03 bits per heavy atom. The molecule has 37 heavy (non-hydrogen) atoms. The number of rotatable bonds is 2. The van der Waals surface area contributed by atoms with Crippen LogP contribution in [-0.2, 0) is 4.74 Å². The largest absolute Gasteiger partial charge is 0.431 e. The first-order valence-corrected chi connectivity index (χ1v) is 14.6. The molecule has 2 heterocycles. The first-order chi connectivity index (χ1) is 17.7. The van der Waals surface area contributed by atoms with Crippen LogP contribution in [0, 0.1) is 28.6 Å². The third-order valence-electron chi connectivity index (χ3n) is 12.1. The van der Waals surface area contributed by atoms with E-state index in [1.807, 2.05) is 22.9 Å². The summed E-state index contributed by atoms with van der Waals surface area (Å²) in [5.41, 5.74) is 0.0933. The summed E-state index contributed by atoms with van der Waals surface area (Å²) in [6.45, 7) is 7.44. The maximum atomic E-state index is 13.2. The molecule has 2 amide bonds. The molecule has 0 spiro atoms. The van der Waals surface area contributed by atoms with Crippen molar-refractivity contribution in [3.8, 4) is 0 Å². The minimum Gasteiger partial charge on any atom is -0.431 e. The highest BCUT2D eigenvalue weighted by molar-refractivity contribution is 5.74. The molecule has 0 radical (unpaired) electrons. The molecule has 204 valence electrons. The number of carbonyl (C=O) groups excluding carboxylic acids is 1. The SMILES string of the molecule is CN(C(=O)N1CCOCC1)C1CC[C@@]2(C)[C@H](CC[C@@H]3[C@@H]2CC[C@]2(C)[C@@H](c4ccc(=O)oc4)CC[C@]32O)C1. The molecule has 7 nitrogen and oxygen atoms in total. The zero-order valence-electron chi connectivity index (χ0n) is 22.8. The average Bonchev–Trinajstić information content (AvgIpc) is 3.19. The predicted molar refractivity (Wildman–Crippen MR) is 140 cm³/mol. The van der Waals surface area contributed by atoms with Gasteiger partial charge in [-0.15, -0.1) is 0 Å². The zero-order valence-corrected chi connectivity index (χ0v) is 22.8. The van der Waals surface area contributed by atoms with Crippen molar-refractivity contribution in [3.05, 3.63) is 34.4 Å². The number of morpholine rings is 1. The number of aliphatic hydroxyl groups is 1. The highest BCUT2D eigenvalue weighted by Crippen LogP contribution is 2.70. The lowest BCUT2D eigenvalue weighted by Gasteiger charge is -2.64. The second-order valence-corrected chi connectivity index (χ2v) is 13.3. The van der Waals surface area contributed by atoms with Crippen LogP contribution in [0.5, 0.6) is 0 Å². The van der Waals surface area contributed by atoms with Crippen LogP contribution in [-0.4, -0.2) is 65.9 Å². The van der Waals surface area contributed by atoms with Crippen molar-refractivity contribution < 1.29 is 19.1 Å². The van der Waals surface area contributed by atoms with Crippen LogP contribution >= 0.6 is 0 Å². The smallest absolute Gasteiger partial charge is 0.335 e. The van der Waals surface area contributed by atoms with E-state index in [9.17, 15) is 14.7 Å². The Morgan fingerprint density at radius 3 is 2.54 bits per heavy atom. The van der Waals surface area contributed by atoms with E-state index in [4.69, 9.17) is 9.15 Å². The Balaban J connectivity index is 1.19. The van der Waals surface area contributed by atoms with E-state index in [-0.39, 0.29) is 28.4 Å². The quantitative estimate of drug-likeness (QED) is 0.625. The van der Waals surface area contributed by atoms with Crippen LogP contribution in [0.15, 0.2) is 27.6 Å². The van der Waals surface area contributed by atoms with E-state index in [0.717, 1.165) is 63.4 Å². The molecule has 0 bridgehead atoms. The van der Waals surface area contributed by atoms with Gasteiger partial charge in [-0.25, -0.2) is 9.59 Å². The minimum atomic E-state index is -0.676. The number of ether oxygens (including phenoxy) is 1. The molecule has 1 aliphatic heterocycles. The van der Waals surface area contributed by atoms with Gasteiger partial charge in [0, 0.05) is 37.7 Å². The first kappa shape index (κ1) is 25.4. The van der Waals surface area contributed by atoms with Gasteiger partial charge in [0.25, 0.3) is 0 Å². The van der Waals surface area contributed by atoms with Gasteiger partial charge in [-0.2, -0.15) is 0 Å². The lowest BCUT2D eigenvalue weighted by molar-refractivity contribution is -0.203. The Kier molecular flexibility index (Phi) is 6.26. The molecule has 7 heteroatoms. The van der Waals surface area contributed by atoms with E-state index in [2.05, 4.69) is 13.8 Å². The molecule has 1 aromatic heterocycles. The Morgan fingerprint density at radius 2 is 1.81 bits per heavy atom. The van der Waals surface area contributed by atoms with E-state index in [1.54, 1.807) is 6.26 Å². The van der Waals surface area contributed by atoms with Crippen LogP contribution in [0.3, 0.4) is 0 Å². The predicted octanol–water partition coefficient (Wildman–Crippen LogP) is 4.63. The summed E-state index contributed by atoms with van der Waals surface area (Å²) < 4.78 is 10.7. The summed E-state index contributed by atoms with van der Waals surface area (Å²) >= 11 is 0. The van der Waals surface area contributed by atoms with Gasteiger partial charge in [0.1, 0.15) is 0 Å². The van der Waals surface area contributed by atoms with Gasteiger partial charge >= 0.3 is 11.7 Å². The fourth-order valence-electron chi connectivity index (χ4n) is 9.79. The maximum Gasteiger partial charge on any atom is 0.335 e. The molecule has 1 aromatic rings. The van der Waals surface area contributed by atoms with Crippen LogP contribution in [0.4, 0.5) is 4.79 Å². The molecule has 4 saturated carbocycles. The third-order valence-corrected chi connectivity index (χ3v) is 12.1. The van der Waals surface area contributed by atoms with Crippen molar-refractivity contribution in [1.82, 2.24) is 9.80 Å². The summed E-state index contributed by atoms with van der Waals surface area (Å²) in [7, 11) is 2.00. The van der Waals surface area contributed by atoms with Crippen molar-refractivity contribution in [2.75, 3.05) is 33.4 Å². The van der Waals surface area contributed by atoms with Gasteiger partial charge in [-0.05, 0) is 98.5 Å². The summed E-state index contributed by atoms with van der Waals surface area (Å²) in [4.78, 5) is 28.7. The van der Waals surface area contributed by atoms with Gasteiger partial charge in [0.2, 0.25) is 0 Å². The van der Waals surface area contributed by atoms with E-state index in [1.165, 1.54) is 6.07 Å². The molecule has 1 saturated heterocycles. The number of carbonyl (C=O) groups is 1. The second-order valence-electron chi connectivity index (χ2n) is 13.3. The zero-order chi connectivity index (χ0) is 26.0. The summed E-state index contributed by atoms with van der Waals surface area (Å²) in [6, 6.07) is 3.88. The van der Waals surface area contributed by atoms with Crippen LogP contribution in [0.25, 0.3) is 0 Å². The number of hydrogen-bond acceptors (Lipinski definition) is 5. The minimum absolute atomic E-state index is 0.155. The molecule has 0 aromatic carbocycles. The summed E-state index contributed by atoms with van der Waals surface area (Å²) in [5, 5.41) is 12.5. The average molecular weight is 513 g/mol. The second kappa shape index (κ2) is 9.11. The number of hydrogen-bond donors (Lipinski definition) is 1. The van der Waals surface area contributed by atoms with Gasteiger partial charge in [0.15, 0.2) is 0 Å². The molecular weight excluding hydrogens is 468 g/mol.